The van der Waals surface area contributed by atoms with Crippen LogP contribution in [0.4, 0.5) is 0 Å². The second-order valence-corrected chi connectivity index (χ2v) is 7.82. The molecule has 1 aromatic carbocycles. The molecule has 1 unspecified atom stereocenters. The van der Waals surface area contributed by atoms with Gasteiger partial charge in [-0.1, -0.05) is 26.4 Å². The van der Waals surface area contributed by atoms with Crippen LogP contribution in [-0.2, 0) is 11.4 Å². The molecular formula is C13H18BrNOS. The fourth-order valence-corrected chi connectivity index (χ4v) is 2.44. The zero-order valence-electron chi connectivity index (χ0n) is 10.9. The van der Waals surface area contributed by atoms with Gasteiger partial charge in [0.05, 0.1) is 5.71 Å². The summed E-state index contributed by atoms with van der Waals surface area (Å²) in [5.41, 5.74) is 3.00. The summed E-state index contributed by atoms with van der Waals surface area (Å²) >= 11 is 2.22. The average Bonchev–Trinajstić information content (AvgIpc) is 2.15. The topological polar surface area (TPSA) is 35.4 Å². The van der Waals surface area contributed by atoms with Gasteiger partial charge in [-0.2, -0.15) is 0 Å². The molecule has 0 aliphatic carbocycles. The first kappa shape index (κ1) is 14.7. The average molecular weight is 316 g/mol. The molecule has 17 heavy (non-hydrogen) atoms. The Bertz CT molecular complexity index is 438. The summed E-state index contributed by atoms with van der Waals surface area (Å²) < 4.78 is 17.0. The number of aryl methyl sites for hydroxylation is 1. The molecule has 1 aromatic rings. The van der Waals surface area contributed by atoms with Crippen LogP contribution in [0, 0.1) is 6.92 Å². The molecule has 0 aliphatic rings. The maximum absolute atomic E-state index is 11.9. The minimum atomic E-state index is -1.21. The molecule has 0 N–H and O–H groups in total. The van der Waals surface area contributed by atoms with Crippen molar-refractivity contribution >= 4 is 33.0 Å². The fraction of sp³-hybridized carbons (Fsp3) is 0.462. The Morgan fingerprint density at radius 3 is 2.41 bits per heavy atom. The van der Waals surface area contributed by atoms with Gasteiger partial charge >= 0.3 is 0 Å². The van der Waals surface area contributed by atoms with Crippen LogP contribution in [0.5, 0.6) is 0 Å². The molecule has 0 aromatic heterocycles. The van der Waals surface area contributed by atoms with Crippen LogP contribution in [0.15, 0.2) is 27.1 Å². The lowest BCUT2D eigenvalue weighted by atomic mass is 10.1. The summed E-state index contributed by atoms with van der Waals surface area (Å²) in [6.45, 7) is 9.70. The standard InChI is InChI=1S/C13H18BrNOS/c1-9-8-11(14)6-7-12(9)10(2)15-17(16)13(3,4)5/h6-8H,1-5H3/b15-10+. The number of rotatable bonds is 2. The molecule has 2 nitrogen and oxygen atoms in total. The van der Waals surface area contributed by atoms with Crippen molar-refractivity contribution in [2.24, 2.45) is 4.40 Å². The van der Waals surface area contributed by atoms with Gasteiger partial charge in [0.25, 0.3) is 0 Å². The van der Waals surface area contributed by atoms with Crippen molar-refractivity contribution in [3.63, 3.8) is 0 Å². The lowest BCUT2D eigenvalue weighted by Crippen LogP contribution is -2.26. The zero-order valence-corrected chi connectivity index (χ0v) is 13.3. The monoisotopic (exact) mass is 315 g/mol. The van der Waals surface area contributed by atoms with Gasteiger partial charge in [0.2, 0.25) is 0 Å². The van der Waals surface area contributed by atoms with E-state index in [1.54, 1.807) is 0 Å². The molecule has 1 atom stereocenters. The summed E-state index contributed by atoms with van der Waals surface area (Å²) in [6, 6.07) is 6.01. The maximum Gasteiger partial charge on any atom is 0.144 e. The van der Waals surface area contributed by atoms with E-state index in [2.05, 4.69) is 20.3 Å². The van der Waals surface area contributed by atoms with Crippen LogP contribution < -0.4 is 0 Å². The Morgan fingerprint density at radius 2 is 1.94 bits per heavy atom. The molecule has 4 heteroatoms. The van der Waals surface area contributed by atoms with Gasteiger partial charge in [-0.05, 0) is 52.3 Å². The van der Waals surface area contributed by atoms with Crippen molar-refractivity contribution in [2.75, 3.05) is 0 Å². The van der Waals surface area contributed by atoms with Gasteiger partial charge in [-0.25, -0.2) is 0 Å². The largest absolute Gasteiger partial charge is 0.591 e. The first-order valence-corrected chi connectivity index (χ1v) is 7.35. The van der Waals surface area contributed by atoms with Crippen molar-refractivity contribution in [3.05, 3.63) is 33.8 Å². The summed E-state index contributed by atoms with van der Waals surface area (Å²) in [7, 11) is 0. The van der Waals surface area contributed by atoms with Crippen molar-refractivity contribution in [1.29, 1.82) is 0 Å². The first-order valence-electron chi connectivity index (χ1n) is 5.45. The molecule has 1 rings (SSSR count). The van der Waals surface area contributed by atoms with E-state index < -0.39 is 11.4 Å². The van der Waals surface area contributed by atoms with Gasteiger partial charge in [-0.15, -0.1) is 0 Å². The second-order valence-electron chi connectivity index (χ2n) is 5.00. The predicted octanol–water partition coefficient (Wildman–Crippen LogP) is 4.03. The highest BCUT2D eigenvalue weighted by Gasteiger charge is 2.26. The minimum Gasteiger partial charge on any atom is -0.591 e. The molecule has 94 valence electrons. The lowest BCUT2D eigenvalue weighted by molar-refractivity contribution is 0.561. The van der Waals surface area contributed by atoms with Crippen LogP contribution in [0.25, 0.3) is 0 Å². The molecule has 0 heterocycles. The predicted molar refractivity (Wildman–Crippen MR) is 79.0 cm³/mol. The molecule has 0 saturated carbocycles. The van der Waals surface area contributed by atoms with E-state index in [0.717, 1.165) is 21.3 Å². The highest BCUT2D eigenvalue weighted by Crippen LogP contribution is 2.21. The quantitative estimate of drug-likeness (QED) is 0.599. The normalized spacial score (nSPS) is 14.9. The SMILES string of the molecule is C/C(=N\[S+]([O-])C(C)(C)C)c1ccc(Br)cc1C. The number of halogens is 1. The third-order valence-corrected chi connectivity index (χ3v) is 4.30. The Morgan fingerprint density at radius 1 is 1.35 bits per heavy atom. The van der Waals surface area contributed by atoms with Crippen LogP contribution in [0.1, 0.15) is 38.8 Å². The van der Waals surface area contributed by atoms with E-state index >= 15 is 0 Å². The molecule has 0 aliphatic heterocycles. The number of benzene rings is 1. The molecular weight excluding hydrogens is 298 g/mol. The van der Waals surface area contributed by atoms with Crippen LogP contribution >= 0.6 is 15.9 Å². The molecule has 0 bridgehead atoms. The van der Waals surface area contributed by atoms with E-state index in [9.17, 15) is 4.55 Å². The van der Waals surface area contributed by atoms with Crippen molar-refractivity contribution < 1.29 is 4.55 Å². The summed E-state index contributed by atoms with van der Waals surface area (Å²) in [5.74, 6) is 0. The lowest BCUT2D eigenvalue weighted by Gasteiger charge is -2.19. The van der Waals surface area contributed by atoms with Gasteiger partial charge in [0.15, 0.2) is 0 Å². The smallest absolute Gasteiger partial charge is 0.144 e. The van der Waals surface area contributed by atoms with Crippen molar-refractivity contribution in [3.8, 4) is 0 Å². The fourth-order valence-electron chi connectivity index (χ4n) is 1.34. The van der Waals surface area contributed by atoms with Crippen molar-refractivity contribution in [2.45, 2.75) is 39.4 Å². The molecule has 0 fully saturated rings. The second kappa shape index (κ2) is 5.55. The number of hydrogen-bond acceptors (Lipinski definition) is 2. The van der Waals surface area contributed by atoms with E-state index in [0.29, 0.717) is 0 Å². The maximum atomic E-state index is 11.9. The highest BCUT2D eigenvalue weighted by atomic mass is 79.9. The third-order valence-electron chi connectivity index (χ3n) is 2.32. The first-order chi connectivity index (χ1) is 7.71. The summed E-state index contributed by atoms with van der Waals surface area (Å²) in [4.78, 5) is 0. The Balaban J connectivity index is 3.04. The molecule has 0 spiro atoms. The Labute approximate surface area is 115 Å². The Kier molecular flexibility index (Phi) is 4.81. The molecule has 0 radical (unpaired) electrons. The zero-order chi connectivity index (χ0) is 13.2. The highest BCUT2D eigenvalue weighted by molar-refractivity contribution is 9.10. The van der Waals surface area contributed by atoms with Gasteiger partial charge in [0, 0.05) is 10.0 Å². The van der Waals surface area contributed by atoms with Gasteiger partial charge in [-0.3, -0.25) is 0 Å². The Hall–Kier alpha value is -0.320. The van der Waals surface area contributed by atoms with Gasteiger partial charge in [0.1, 0.15) is 16.1 Å². The summed E-state index contributed by atoms with van der Waals surface area (Å²) in [6.07, 6.45) is 0. The van der Waals surface area contributed by atoms with Crippen LogP contribution in [0.2, 0.25) is 0 Å². The van der Waals surface area contributed by atoms with E-state index in [1.165, 1.54) is 0 Å². The molecule has 0 saturated heterocycles. The third kappa shape index (κ3) is 4.12. The minimum absolute atomic E-state index is 0.315. The molecule has 0 amide bonds. The van der Waals surface area contributed by atoms with E-state index in [-0.39, 0.29) is 4.75 Å². The van der Waals surface area contributed by atoms with Crippen LogP contribution in [-0.4, -0.2) is 15.0 Å². The van der Waals surface area contributed by atoms with Crippen molar-refractivity contribution in [1.82, 2.24) is 0 Å². The van der Waals surface area contributed by atoms with E-state index in [4.69, 9.17) is 0 Å². The number of nitrogens with zero attached hydrogens (tertiary/aromatic N) is 1. The number of hydrogen-bond donors (Lipinski definition) is 0. The van der Waals surface area contributed by atoms with Crippen LogP contribution in [0.3, 0.4) is 0 Å². The summed E-state index contributed by atoms with van der Waals surface area (Å²) in [5, 5.41) is 0. The van der Waals surface area contributed by atoms with Gasteiger partial charge < -0.3 is 4.55 Å². The van der Waals surface area contributed by atoms with E-state index in [1.807, 2.05) is 52.8 Å².